The molecule has 0 amide bonds. The van der Waals surface area contributed by atoms with Crippen LogP contribution in [0.5, 0.6) is 0 Å². The first kappa shape index (κ1) is 9.47. The van der Waals surface area contributed by atoms with Gasteiger partial charge >= 0.3 is 0 Å². The summed E-state index contributed by atoms with van der Waals surface area (Å²) in [4.78, 5) is 0. The molecule has 76 valence electrons. The van der Waals surface area contributed by atoms with E-state index in [9.17, 15) is 0 Å². The van der Waals surface area contributed by atoms with Crippen LogP contribution in [0.2, 0.25) is 0 Å². The number of nitrogens with two attached hydrogens (primary N) is 2. The van der Waals surface area contributed by atoms with Crippen molar-refractivity contribution in [2.24, 2.45) is 40.6 Å². The van der Waals surface area contributed by atoms with E-state index < -0.39 is 0 Å². The predicted molar refractivity (Wildman–Crippen MR) is 55.1 cm³/mol. The Balaban J connectivity index is 2.21. The van der Waals surface area contributed by atoms with E-state index in [1.807, 2.05) is 0 Å². The molecule has 2 bridgehead atoms. The lowest BCUT2D eigenvalue weighted by molar-refractivity contribution is 0.191. The van der Waals surface area contributed by atoms with Crippen molar-refractivity contribution < 1.29 is 0 Å². The Morgan fingerprint density at radius 3 is 1.85 bits per heavy atom. The van der Waals surface area contributed by atoms with Crippen LogP contribution in [-0.4, -0.2) is 13.1 Å². The SMILES string of the molecule is CC1(C)C2CC(CN)C1C(CN)C2. The third kappa shape index (κ3) is 1.15. The van der Waals surface area contributed by atoms with E-state index in [1.165, 1.54) is 12.8 Å². The summed E-state index contributed by atoms with van der Waals surface area (Å²) in [6, 6.07) is 0. The molecular weight excluding hydrogens is 160 g/mol. The molecule has 2 saturated carbocycles. The van der Waals surface area contributed by atoms with E-state index in [2.05, 4.69) is 13.8 Å². The van der Waals surface area contributed by atoms with Crippen LogP contribution in [0.15, 0.2) is 0 Å². The fourth-order valence-corrected chi connectivity index (χ4v) is 4.09. The van der Waals surface area contributed by atoms with E-state index in [4.69, 9.17) is 11.5 Å². The molecule has 0 aromatic heterocycles. The average Bonchev–Trinajstić information content (AvgIpc) is 2.51. The van der Waals surface area contributed by atoms with E-state index in [-0.39, 0.29) is 0 Å². The fraction of sp³-hybridized carbons (Fsp3) is 1.00. The Morgan fingerprint density at radius 2 is 1.54 bits per heavy atom. The summed E-state index contributed by atoms with van der Waals surface area (Å²) in [5.41, 5.74) is 12.1. The van der Waals surface area contributed by atoms with Crippen LogP contribution in [0.3, 0.4) is 0 Å². The zero-order valence-corrected chi connectivity index (χ0v) is 8.79. The first-order valence-corrected chi connectivity index (χ1v) is 5.51. The van der Waals surface area contributed by atoms with Crippen LogP contribution in [0.25, 0.3) is 0 Å². The van der Waals surface area contributed by atoms with Crippen LogP contribution in [0.1, 0.15) is 26.7 Å². The maximum absolute atomic E-state index is 5.82. The third-order valence-corrected chi connectivity index (χ3v) is 4.71. The fourth-order valence-electron chi connectivity index (χ4n) is 4.09. The lowest BCUT2D eigenvalue weighted by Crippen LogP contribution is -2.33. The van der Waals surface area contributed by atoms with Crippen molar-refractivity contribution in [1.82, 2.24) is 0 Å². The van der Waals surface area contributed by atoms with Gasteiger partial charge in [-0.2, -0.15) is 0 Å². The van der Waals surface area contributed by atoms with Gasteiger partial charge in [0.25, 0.3) is 0 Å². The molecule has 13 heavy (non-hydrogen) atoms. The summed E-state index contributed by atoms with van der Waals surface area (Å²) in [6.07, 6.45) is 2.70. The molecule has 2 atom stereocenters. The lowest BCUT2D eigenvalue weighted by Gasteiger charge is -2.31. The molecule has 0 aromatic carbocycles. The van der Waals surface area contributed by atoms with Gasteiger partial charge in [-0.05, 0) is 55.0 Å². The maximum Gasteiger partial charge on any atom is -0.00458 e. The molecule has 2 unspecified atom stereocenters. The third-order valence-electron chi connectivity index (χ3n) is 4.71. The molecule has 0 heterocycles. The molecule has 0 aromatic rings. The van der Waals surface area contributed by atoms with Gasteiger partial charge in [-0.25, -0.2) is 0 Å². The highest BCUT2D eigenvalue weighted by atomic mass is 14.7. The predicted octanol–water partition coefficient (Wildman–Crippen LogP) is 1.20. The van der Waals surface area contributed by atoms with Gasteiger partial charge in [-0.3, -0.25) is 0 Å². The number of hydrogen-bond donors (Lipinski definition) is 2. The highest BCUT2D eigenvalue weighted by Gasteiger charge is 2.56. The lowest BCUT2D eigenvalue weighted by atomic mass is 9.76. The van der Waals surface area contributed by atoms with Crippen molar-refractivity contribution in [2.75, 3.05) is 13.1 Å². The molecule has 2 rings (SSSR count). The zero-order chi connectivity index (χ0) is 9.64. The highest BCUT2D eigenvalue weighted by molar-refractivity contribution is 5.06. The molecule has 0 saturated heterocycles. The van der Waals surface area contributed by atoms with Gasteiger partial charge in [0.2, 0.25) is 0 Å². The zero-order valence-electron chi connectivity index (χ0n) is 8.79. The van der Waals surface area contributed by atoms with Gasteiger partial charge in [-0.1, -0.05) is 13.8 Å². The Hall–Kier alpha value is -0.0800. The van der Waals surface area contributed by atoms with Crippen LogP contribution in [0, 0.1) is 29.1 Å². The van der Waals surface area contributed by atoms with Crippen LogP contribution in [-0.2, 0) is 0 Å². The van der Waals surface area contributed by atoms with Crippen LogP contribution in [0.4, 0.5) is 0 Å². The van der Waals surface area contributed by atoms with Crippen molar-refractivity contribution in [3.63, 3.8) is 0 Å². The highest BCUT2D eigenvalue weighted by Crippen LogP contribution is 2.62. The van der Waals surface area contributed by atoms with Crippen molar-refractivity contribution in [3.8, 4) is 0 Å². The van der Waals surface area contributed by atoms with Crippen molar-refractivity contribution in [1.29, 1.82) is 0 Å². The standard InChI is InChI=1S/C11H22N2/c1-11(2)9-3-7(5-12)10(11)8(4-9)6-13/h7-10H,3-6,12-13H2,1-2H3. The summed E-state index contributed by atoms with van der Waals surface area (Å²) in [7, 11) is 0. The van der Waals surface area contributed by atoms with Crippen molar-refractivity contribution in [2.45, 2.75) is 26.7 Å². The van der Waals surface area contributed by atoms with Crippen LogP contribution >= 0.6 is 0 Å². The molecular formula is C11H22N2. The Morgan fingerprint density at radius 1 is 1.08 bits per heavy atom. The van der Waals surface area contributed by atoms with Crippen LogP contribution < -0.4 is 11.5 Å². The Labute approximate surface area is 81.1 Å². The normalized spacial score (nSPS) is 47.1. The second-order valence-electron chi connectivity index (χ2n) is 5.51. The summed E-state index contributed by atoms with van der Waals surface area (Å²) < 4.78 is 0. The first-order chi connectivity index (χ1) is 6.11. The van der Waals surface area contributed by atoms with Gasteiger partial charge in [0.1, 0.15) is 0 Å². The Bertz CT molecular complexity index is 186. The number of hydrogen-bond acceptors (Lipinski definition) is 2. The summed E-state index contributed by atoms with van der Waals surface area (Å²) >= 11 is 0. The van der Waals surface area contributed by atoms with Crippen molar-refractivity contribution in [3.05, 3.63) is 0 Å². The molecule has 2 aliphatic rings. The summed E-state index contributed by atoms with van der Waals surface area (Å²) in [5, 5.41) is 0. The summed E-state index contributed by atoms with van der Waals surface area (Å²) in [5.74, 6) is 3.19. The minimum atomic E-state index is 0.508. The quantitative estimate of drug-likeness (QED) is 0.674. The van der Waals surface area contributed by atoms with Gasteiger partial charge < -0.3 is 11.5 Å². The second-order valence-corrected chi connectivity index (χ2v) is 5.51. The minimum Gasteiger partial charge on any atom is -0.330 e. The number of rotatable bonds is 2. The second kappa shape index (κ2) is 2.96. The molecule has 2 fully saturated rings. The maximum atomic E-state index is 5.82. The largest absolute Gasteiger partial charge is 0.330 e. The van der Waals surface area contributed by atoms with E-state index >= 15 is 0 Å². The number of fused-ring (bicyclic) bond motifs is 2. The average molecular weight is 182 g/mol. The first-order valence-electron chi connectivity index (χ1n) is 5.51. The molecule has 0 aliphatic heterocycles. The van der Waals surface area contributed by atoms with Gasteiger partial charge in [-0.15, -0.1) is 0 Å². The van der Waals surface area contributed by atoms with Gasteiger partial charge in [0.05, 0.1) is 0 Å². The molecule has 0 radical (unpaired) electrons. The van der Waals surface area contributed by atoms with E-state index in [1.54, 1.807) is 0 Å². The molecule has 4 N–H and O–H groups in total. The van der Waals surface area contributed by atoms with E-state index in [0.717, 1.165) is 36.8 Å². The molecule has 2 heteroatoms. The topological polar surface area (TPSA) is 52.0 Å². The smallest absolute Gasteiger partial charge is 0.00458 e. The molecule has 2 aliphatic carbocycles. The van der Waals surface area contributed by atoms with E-state index in [0.29, 0.717) is 5.41 Å². The monoisotopic (exact) mass is 182 g/mol. The molecule has 0 spiro atoms. The van der Waals surface area contributed by atoms with Gasteiger partial charge in [0, 0.05) is 0 Å². The molecule has 2 nitrogen and oxygen atoms in total. The van der Waals surface area contributed by atoms with Crippen molar-refractivity contribution >= 4 is 0 Å². The minimum absolute atomic E-state index is 0.508. The Kier molecular flexibility index (Phi) is 2.16. The van der Waals surface area contributed by atoms with Gasteiger partial charge in [0.15, 0.2) is 0 Å². The summed E-state index contributed by atoms with van der Waals surface area (Å²) in [6.45, 7) is 6.55.